The van der Waals surface area contributed by atoms with Gasteiger partial charge in [0, 0.05) is 11.8 Å². The van der Waals surface area contributed by atoms with E-state index in [9.17, 15) is 13.2 Å². The topological polar surface area (TPSA) is 84.9 Å². The molecule has 3 aromatic carbocycles. The summed E-state index contributed by atoms with van der Waals surface area (Å²) >= 11 is 0. The first-order valence-electron chi connectivity index (χ1n) is 9.92. The molecule has 0 aliphatic carbocycles. The molecule has 0 fully saturated rings. The summed E-state index contributed by atoms with van der Waals surface area (Å²) in [7, 11) is -1.18. The monoisotopic (exact) mass is 454 g/mol. The van der Waals surface area contributed by atoms with Crippen molar-refractivity contribution in [1.82, 2.24) is 0 Å². The zero-order valence-corrected chi connectivity index (χ0v) is 19.3. The zero-order chi connectivity index (χ0) is 23.3. The number of carbonyl (C=O) groups is 1. The molecule has 7 nitrogen and oxygen atoms in total. The molecule has 0 aliphatic heterocycles. The minimum absolute atomic E-state index is 0.0156. The Balaban J connectivity index is 1.96. The summed E-state index contributed by atoms with van der Waals surface area (Å²) in [5.74, 6) is 0.231. The zero-order valence-electron chi connectivity index (χ0n) is 18.5. The lowest BCUT2D eigenvalue weighted by atomic mass is 10.1. The summed E-state index contributed by atoms with van der Waals surface area (Å²) in [5, 5.41) is 2.80. The van der Waals surface area contributed by atoms with Crippen LogP contribution in [0.4, 0.5) is 11.4 Å². The van der Waals surface area contributed by atoms with Crippen LogP contribution in [-0.4, -0.2) is 35.1 Å². The molecule has 0 heterocycles. The molecule has 3 rings (SSSR count). The normalized spacial score (nSPS) is 11.0. The minimum Gasteiger partial charge on any atom is -0.493 e. The Hall–Kier alpha value is -3.52. The van der Waals surface area contributed by atoms with Crippen LogP contribution in [0.15, 0.2) is 71.6 Å². The van der Waals surface area contributed by atoms with Gasteiger partial charge < -0.3 is 14.8 Å². The molecule has 32 heavy (non-hydrogen) atoms. The Kier molecular flexibility index (Phi) is 7.05. The standard InChI is InChI=1S/C24H26N2O5S/c1-17-12-18(2)14-19(13-17)25-24(27)16-26(20-8-6-5-7-9-20)32(28,29)21-10-11-22(30-3)23(15-21)31-4/h5-15H,16H2,1-4H3,(H,25,27). The Labute approximate surface area is 188 Å². The van der Waals surface area contributed by atoms with Crippen LogP contribution in [0.25, 0.3) is 0 Å². The molecule has 3 aromatic rings. The molecule has 0 bridgehead atoms. The van der Waals surface area contributed by atoms with Crippen LogP contribution >= 0.6 is 0 Å². The van der Waals surface area contributed by atoms with Gasteiger partial charge in [-0.1, -0.05) is 24.3 Å². The Morgan fingerprint density at radius 3 is 2.09 bits per heavy atom. The molecule has 0 aromatic heterocycles. The highest BCUT2D eigenvalue weighted by atomic mass is 32.2. The molecule has 0 saturated heterocycles. The van der Waals surface area contributed by atoms with E-state index in [0.717, 1.165) is 15.4 Å². The average Bonchev–Trinajstić information content (AvgIpc) is 2.76. The summed E-state index contributed by atoms with van der Waals surface area (Å²) in [6, 6.07) is 18.5. The van der Waals surface area contributed by atoms with Gasteiger partial charge in [0.15, 0.2) is 11.5 Å². The van der Waals surface area contributed by atoms with E-state index >= 15 is 0 Å². The maximum absolute atomic E-state index is 13.5. The van der Waals surface area contributed by atoms with Crippen LogP contribution in [0.5, 0.6) is 11.5 Å². The smallest absolute Gasteiger partial charge is 0.264 e. The van der Waals surface area contributed by atoms with Crippen molar-refractivity contribution in [2.24, 2.45) is 0 Å². The first kappa shape index (κ1) is 23.1. The molecule has 0 unspecified atom stereocenters. The second kappa shape index (κ2) is 9.74. The van der Waals surface area contributed by atoms with Gasteiger partial charge in [-0.15, -0.1) is 0 Å². The fourth-order valence-corrected chi connectivity index (χ4v) is 4.83. The van der Waals surface area contributed by atoms with Crippen LogP contribution in [0.2, 0.25) is 0 Å². The molecular weight excluding hydrogens is 428 g/mol. The molecule has 1 amide bonds. The first-order valence-corrected chi connectivity index (χ1v) is 11.4. The Bertz CT molecular complexity index is 1190. The van der Waals surface area contributed by atoms with E-state index < -0.39 is 22.5 Å². The molecule has 0 atom stereocenters. The number of anilines is 2. The van der Waals surface area contributed by atoms with E-state index in [1.54, 1.807) is 30.3 Å². The summed E-state index contributed by atoms with van der Waals surface area (Å²) in [5.41, 5.74) is 2.98. The number of carbonyl (C=O) groups excluding carboxylic acids is 1. The molecule has 0 aliphatic rings. The van der Waals surface area contributed by atoms with Crippen molar-refractivity contribution in [3.05, 3.63) is 77.9 Å². The number of ether oxygens (including phenoxy) is 2. The van der Waals surface area contributed by atoms with Gasteiger partial charge in [-0.05, 0) is 61.4 Å². The van der Waals surface area contributed by atoms with Gasteiger partial charge in [-0.2, -0.15) is 0 Å². The molecule has 8 heteroatoms. The molecular formula is C24H26N2O5S. The second-order valence-corrected chi connectivity index (χ2v) is 9.15. The van der Waals surface area contributed by atoms with E-state index in [1.165, 1.54) is 32.4 Å². The summed E-state index contributed by atoms with van der Waals surface area (Å²) in [4.78, 5) is 12.8. The van der Waals surface area contributed by atoms with Gasteiger partial charge in [0.05, 0.1) is 24.8 Å². The summed E-state index contributed by atoms with van der Waals surface area (Å²) in [6.45, 7) is 3.47. The largest absolute Gasteiger partial charge is 0.493 e. The van der Waals surface area contributed by atoms with Crippen molar-refractivity contribution >= 4 is 27.3 Å². The SMILES string of the molecule is COc1ccc(S(=O)(=O)N(CC(=O)Nc2cc(C)cc(C)c2)c2ccccc2)cc1OC. The highest BCUT2D eigenvalue weighted by molar-refractivity contribution is 7.92. The molecule has 0 radical (unpaired) electrons. The van der Waals surface area contributed by atoms with Crippen LogP contribution in [0.1, 0.15) is 11.1 Å². The first-order chi connectivity index (χ1) is 15.2. The summed E-state index contributed by atoms with van der Waals surface area (Å²) in [6.07, 6.45) is 0. The Morgan fingerprint density at radius 1 is 0.875 bits per heavy atom. The summed E-state index contributed by atoms with van der Waals surface area (Å²) < 4.78 is 38.6. The number of amides is 1. The molecule has 168 valence electrons. The van der Waals surface area contributed by atoms with Crippen LogP contribution < -0.4 is 19.1 Å². The van der Waals surface area contributed by atoms with E-state index in [4.69, 9.17) is 9.47 Å². The quantitative estimate of drug-likeness (QED) is 0.553. The third-order valence-electron chi connectivity index (χ3n) is 4.78. The fourth-order valence-electron chi connectivity index (χ4n) is 3.39. The van der Waals surface area contributed by atoms with Crippen molar-refractivity contribution in [1.29, 1.82) is 0 Å². The predicted molar refractivity (Wildman–Crippen MR) is 125 cm³/mol. The molecule has 0 saturated carbocycles. The maximum Gasteiger partial charge on any atom is 0.264 e. The van der Waals surface area contributed by atoms with E-state index in [2.05, 4.69) is 5.32 Å². The second-order valence-electron chi connectivity index (χ2n) is 7.29. The number of para-hydroxylation sites is 1. The number of rotatable bonds is 8. The number of benzene rings is 3. The third-order valence-corrected chi connectivity index (χ3v) is 6.55. The van der Waals surface area contributed by atoms with Crippen molar-refractivity contribution in [2.75, 3.05) is 30.4 Å². The number of aryl methyl sites for hydroxylation is 2. The number of hydrogen-bond donors (Lipinski definition) is 1. The van der Waals surface area contributed by atoms with Crippen molar-refractivity contribution in [3.8, 4) is 11.5 Å². The lowest BCUT2D eigenvalue weighted by molar-refractivity contribution is -0.114. The van der Waals surface area contributed by atoms with Crippen molar-refractivity contribution in [2.45, 2.75) is 18.7 Å². The van der Waals surface area contributed by atoms with Gasteiger partial charge in [0.2, 0.25) is 5.91 Å². The average molecular weight is 455 g/mol. The van der Waals surface area contributed by atoms with Crippen LogP contribution in [0.3, 0.4) is 0 Å². The minimum atomic E-state index is -4.08. The number of methoxy groups -OCH3 is 2. The fraction of sp³-hybridized carbons (Fsp3) is 0.208. The van der Waals surface area contributed by atoms with Gasteiger partial charge in [0.25, 0.3) is 10.0 Å². The van der Waals surface area contributed by atoms with Crippen LogP contribution in [0, 0.1) is 13.8 Å². The molecule has 1 N–H and O–H groups in total. The predicted octanol–water partition coefficient (Wildman–Crippen LogP) is 4.15. The van der Waals surface area contributed by atoms with Crippen molar-refractivity contribution in [3.63, 3.8) is 0 Å². The van der Waals surface area contributed by atoms with E-state index in [0.29, 0.717) is 17.1 Å². The lowest BCUT2D eigenvalue weighted by Crippen LogP contribution is -2.38. The van der Waals surface area contributed by atoms with Crippen LogP contribution in [-0.2, 0) is 14.8 Å². The molecule has 0 spiro atoms. The van der Waals surface area contributed by atoms with Gasteiger partial charge in [-0.3, -0.25) is 9.10 Å². The van der Waals surface area contributed by atoms with E-state index in [-0.39, 0.29) is 10.6 Å². The maximum atomic E-state index is 13.5. The van der Waals surface area contributed by atoms with Crippen molar-refractivity contribution < 1.29 is 22.7 Å². The highest BCUT2D eigenvalue weighted by Crippen LogP contribution is 2.32. The van der Waals surface area contributed by atoms with Gasteiger partial charge in [-0.25, -0.2) is 8.42 Å². The third kappa shape index (κ3) is 5.20. The van der Waals surface area contributed by atoms with Gasteiger partial charge in [0.1, 0.15) is 6.54 Å². The van der Waals surface area contributed by atoms with E-state index in [1.807, 2.05) is 32.0 Å². The number of nitrogens with one attached hydrogen (secondary N) is 1. The highest BCUT2D eigenvalue weighted by Gasteiger charge is 2.28. The number of sulfonamides is 1. The number of hydrogen-bond acceptors (Lipinski definition) is 5. The number of nitrogens with zero attached hydrogens (tertiary/aromatic N) is 1. The van der Waals surface area contributed by atoms with Gasteiger partial charge >= 0.3 is 0 Å². The Morgan fingerprint density at radius 2 is 1.50 bits per heavy atom. The lowest BCUT2D eigenvalue weighted by Gasteiger charge is -2.24.